The number of sulfonamides is 1. The molecular weight excluding hydrogens is 296 g/mol. The van der Waals surface area contributed by atoms with E-state index in [-0.39, 0.29) is 4.90 Å². The van der Waals surface area contributed by atoms with Crippen molar-refractivity contribution >= 4 is 15.9 Å². The number of benzene rings is 2. The molecule has 0 amide bonds. The van der Waals surface area contributed by atoms with Gasteiger partial charge in [-0.1, -0.05) is 48.0 Å². The average molecular weight is 316 g/mol. The Balaban J connectivity index is 2.34. The van der Waals surface area contributed by atoms with Crippen molar-refractivity contribution in [1.29, 1.82) is 0 Å². The summed E-state index contributed by atoms with van der Waals surface area (Å²) in [6, 6.07) is 16.4. The van der Waals surface area contributed by atoms with E-state index in [0.717, 1.165) is 11.1 Å². The Morgan fingerprint density at radius 1 is 1.00 bits per heavy atom. The summed E-state index contributed by atoms with van der Waals surface area (Å²) in [6.45, 7) is 1.92. The first-order chi connectivity index (χ1) is 10.4. The molecule has 0 saturated carbocycles. The molecule has 0 aliphatic carbocycles. The molecule has 0 atom stereocenters. The van der Waals surface area contributed by atoms with Gasteiger partial charge in [0.15, 0.2) is 0 Å². The maximum Gasteiger partial charge on any atom is 0.283 e. The molecule has 116 valence electrons. The molecule has 0 bridgehead atoms. The fourth-order valence-electron chi connectivity index (χ4n) is 1.95. The van der Waals surface area contributed by atoms with E-state index in [9.17, 15) is 8.42 Å². The summed E-state index contributed by atoms with van der Waals surface area (Å²) in [7, 11) is -0.0990. The van der Waals surface area contributed by atoms with E-state index >= 15 is 0 Å². The summed E-state index contributed by atoms with van der Waals surface area (Å²) in [4.78, 5) is 1.95. The highest BCUT2D eigenvalue weighted by atomic mass is 32.2. The molecule has 0 unspecified atom stereocenters. The molecule has 0 spiro atoms. The first-order valence-electron chi connectivity index (χ1n) is 7.00. The molecule has 2 aromatic carbocycles. The molecule has 5 heteroatoms. The van der Waals surface area contributed by atoms with E-state index in [1.165, 1.54) is 0 Å². The predicted molar refractivity (Wildman–Crippen MR) is 89.6 cm³/mol. The van der Waals surface area contributed by atoms with Crippen molar-refractivity contribution in [3.63, 3.8) is 0 Å². The van der Waals surface area contributed by atoms with Gasteiger partial charge in [0.2, 0.25) is 0 Å². The van der Waals surface area contributed by atoms with Crippen molar-refractivity contribution in [3.05, 3.63) is 65.7 Å². The quantitative estimate of drug-likeness (QED) is 0.644. The van der Waals surface area contributed by atoms with Gasteiger partial charge in [-0.25, -0.2) is 0 Å². The third kappa shape index (κ3) is 4.18. The highest BCUT2D eigenvalue weighted by molar-refractivity contribution is 7.90. The Morgan fingerprint density at radius 3 is 2.14 bits per heavy atom. The van der Waals surface area contributed by atoms with Gasteiger partial charge in [-0.15, -0.1) is 4.40 Å². The lowest BCUT2D eigenvalue weighted by Crippen LogP contribution is -2.25. The van der Waals surface area contributed by atoms with Crippen LogP contribution in [0.1, 0.15) is 11.1 Å². The minimum absolute atomic E-state index is 0.213. The topological polar surface area (TPSA) is 49.7 Å². The number of amidine groups is 1. The standard InChI is InChI=1S/C17H20N2O2S/c1-14-9-11-16(12-10-14)22(20,21)18-17(19(2)3)13-15-7-5-4-6-8-15/h4-12H,13H2,1-3H3/b18-17-. The molecule has 22 heavy (non-hydrogen) atoms. The number of likely N-dealkylation sites (N-methyl/N-ethyl adjacent to an activating group) is 1. The van der Waals surface area contributed by atoms with Crippen LogP contribution >= 0.6 is 0 Å². The SMILES string of the molecule is Cc1ccc(S(=O)(=O)/N=C(/Cc2ccccc2)N(C)C)cc1. The first-order valence-corrected chi connectivity index (χ1v) is 8.44. The van der Waals surface area contributed by atoms with Crippen LogP contribution in [0.4, 0.5) is 0 Å². The van der Waals surface area contributed by atoms with Crippen molar-refractivity contribution < 1.29 is 8.42 Å². The van der Waals surface area contributed by atoms with Crippen molar-refractivity contribution in [2.24, 2.45) is 4.40 Å². The molecule has 0 aromatic heterocycles. The number of rotatable bonds is 4. The van der Waals surface area contributed by atoms with Gasteiger partial charge < -0.3 is 4.90 Å². The summed E-state index contributed by atoms with van der Waals surface area (Å²) >= 11 is 0. The largest absolute Gasteiger partial charge is 0.365 e. The highest BCUT2D eigenvalue weighted by Crippen LogP contribution is 2.14. The van der Waals surface area contributed by atoms with Gasteiger partial charge in [-0.2, -0.15) is 8.42 Å². The Morgan fingerprint density at radius 2 is 1.59 bits per heavy atom. The molecule has 0 heterocycles. The van der Waals surface area contributed by atoms with E-state index in [2.05, 4.69) is 4.40 Å². The molecule has 0 saturated heterocycles. The second-order valence-electron chi connectivity index (χ2n) is 5.35. The zero-order valence-electron chi connectivity index (χ0n) is 13.0. The van der Waals surface area contributed by atoms with E-state index in [1.807, 2.05) is 37.3 Å². The van der Waals surface area contributed by atoms with Crippen LogP contribution in [0.3, 0.4) is 0 Å². The van der Waals surface area contributed by atoms with E-state index in [4.69, 9.17) is 0 Å². The maximum atomic E-state index is 12.4. The summed E-state index contributed by atoms with van der Waals surface area (Å²) in [5.74, 6) is 0.506. The van der Waals surface area contributed by atoms with Gasteiger partial charge in [0.1, 0.15) is 5.84 Å². The second-order valence-corrected chi connectivity index (χ2v) is 6.96. The van der Waals surface area contributed by atoms with E-state index in [0.29, 0.717) is 12.3 Å². The second kappa shape index (κ2) is 6.75. The third-order valence-corrected chi connectivity index (χ3v) is 4.58. The monoisotopic (exact) mass is 316 g/mol. The summed E-state index contributed by atoms with van der Waals surface area (Å²) in [5, 5.41) is 0. The van der Waals surface area contributed by atoms with Gasteiger partial charge in [0.25, 0.3) is 10.0 Å². The van der Waals surface area contributed by atoms with Crippen molar-refractivity contribution in [2.45, 2.75) is 18.2 Å². The molecule has 0 aliphatic heterocycles. The van der Waals surface area contributed by atoms with Crippen LogP contribution in [0.25, 0.3) is 0 Å². The van der Waals surface area contributed by atoms with Gasteiger partial charge >= 0.3 is 0 Å². The highest BCUT2D eigenvalue weighted by Gasteiger charge is 2.15. The summed E-state index contributed by atoms with van der Waals surface area (Å²) < 4.78 is 28.9. The lowest BCUT2D eigenvalue weighted by Gasteiger charge is -2.16. The smallest absolute Gasteiger partial charge is 0.283 e. The fraction of sp³-hybridized carbons (Fsp3) is 0.235. The molecule has 2 rings (SSSR count). The molecule has 0 aliphatic rings. The average Bonchev–Trinajstić information content (AvgIpc) is 2.48. The molecular formula is C17H20N2O2S. The fourth-order valence-corrected chi connectivity index (χ4v) is 3.04. The zero-order valence-corrected chi connectivity index (χ0v) is 13.8. The van der Waals surface area contributed by atoms with Crippen LogP contribution in [0.2, 0.25) is 0 Å². The number of hydrogen-bond donors (Lipinski definition) is 0. The van der Waals surface area contributed by atoms with Gasteiger partial charge in [0, 0.05) is 20.5 Å². The molecule has 0 fully saturated rings. The maximum absolute atomic E-state index is 12.4. The van der Waals surface area contributed by atoms with E-state index < -0.39 is 10.0 Å². The Labute approximate surface area is 132 Å². The van der Waals surface area contributed by atoms with Crippen molar-refractivity contribution in [2.75, 3.05) is 14.1 Å². The Bertz CT molecular complexity index is 749. The Kier molecular flexibility index (Phi) is 4.98. The minimum atomic E-state index is -3.70. The van der Waals surface area contributed by atoms with Crippen LogP contribution in [0.15, 0.2) is 63.9 Å². The Hall–Kier alpha value is -2.14. The molecule has 0 N–H and O–H groups in total. The normalized spacial score (nSPS) is 12.2. The number of nitrogens with zero attached hydrogens (tertiary/aromatic N) is 2. The minimum Gasteiger partial charge on any atom is -0.365 e. The summed E-state index contributed by atoms with van der Waals surface area (Å²) in [6.07, 6.45) is 0.471. The van der Waals surface area contributed by atoms with Crippen molar-refractivity contribution in [3.8, 4) is 0 Å². The lowest BCUT2D eigenvalue weighted by molar-refractivity contribution is 0.588. The van der Waals surface area contributed by atoms with E-state index in [1.54, 1.807) is 43.3 Å². The van der Waals surface area contributed by atoms with Crippen LogP contribution in [-0.2, 0) is 16.4 Å². The van der Waals surface area contributed by atoms with Gasteiger partial charge in [-0.05, 0) is 24.6 Å². The van der Waals surface area contributed by atoms with Crippen LogP contribution < -0.4 is 0 Å². The van der Waals surface area contributed by atoms with Crippen LogP contribution in [0.5, 0.6) is 0 Å². The van der Waals surface area contributed by atoms with Gasteiger partial charge in [-0.3, -0.25) is 0 Å². The lowest BCUT2D eigenvalue weighted by atomic mass is 10.1. The van der Waals surface area contributed by atoms with Crippen LogP contribution in [-0.4, -0.2) is 33.2 Å². The summed E-state index contributed by atoms with van der Waals surface area (Å²) in [5.41, 5.74) is 2.04. The number of hydrogen-bond acceptors (Lipinski definition) is 2. The molecule has 4 nitrogen and oxygen atoms in total. The predicted octanol–water partition coefficient (Wildman–Crippen LogP) is 2.89. The zero-order chi connectivity index (χ0) is 16.2. The van der Waals surface area contributed by atoms with Gasteiger partial charge in [0.05, 0.1) is 4.90 Å². The molecule has 0 radical (unpaired) electrons. The third-order valence-electron chi connectivity index (χ3n) is 3.27. The number of aryl methyl sites for hydroxylation is 1. The van der Waals surface area contributed by atoms with Crippen LogP contribution in [0, 0.1) is 6.92 Å². The molecule has 2 aromatic rings. The first kappa shape index (κ1) is 16.2. The van der Waals surface area contributed by atoms with Crippen molar-refractivity contribution in [1.82, 2.24) is 4.90 Å².